The average Bonchev–Trinajstić information content (AvgIpc) is 2.91. The summed E-state index contributed by atoms with van der Waals surface area (Å²) >= 11 is 12.2. The van der Waals surface area contributed by atoms with Crippen LogP contribution in [0.1, 0.15) is 26.7 Å². The lowest BCUT2D eigenvalue weighted by Gasteiger charge is -2.06. The van der Waals surface area contributed by atoms with Gasteiger partial charge in [-0.05, 0) is 43.2 Å². The molecular formula is C20H22Cl2N4O2. The summed E-state index contributed by atoms with van der Waals surface area (Å²) < 4.78 is 3.02. The zero-order valence-corrected chi connectivity index (χ0v) is 17.3. The molecule has 0 saturated carbocycles. The Morgan fingerprint density at radius 1 is 1.07 bits per heavy atom. The van der Waals surface area contributed by atoms with Crippen molar-refractivity contribution < 1.29 is 4.79 Å². The van der Waals surface area contributed by atoms with Crippen molar-refractivity contribution >= 4 is 40.3 Å². The number of benzene rings is 1. The van der Waals surface area contributed by atoms with Gasteiger partial charge in [0.2, 0.25) is 5.91 Å². The minimum Gasteiger partial charge on any atom is -0.355 e. The number of nitrogens with zero attached hydrogens (tertiary/aromatic N) is 3. The largest absolute Gasteiger partial charge is 0.355 e. The Balaban J connectivity index is 2.02. The van der Waals surface area contributed by atoms with E-state index in [4.69, 9.17) is 23.2 Å². The molecule has 2 heterocycles. The number of hydrogen-bond acceptors (Lipinski definition) is 3. The monoisotopic (exact) mass is 420 g/mol. The Labute approximate surface area is 173 Å². The normalized spacial score (nSPS) is 11.1. The average molecular weight is 421 g/mol. The van der Waals surface area contributed by atoms with Gasteiger partial charge >= 0.3 is 5.69 Å². The topological polar surface area (TPSA) is 68.9 Å². The standard InChI is InChI=1S/C20H22Cl2N4O2/c1-3-5-6-23-18(27)12-26-19-17(25(4-2)20(26)28)9-14(11-24-19)13-7-15(21)10-16(22)8-13/h7-11H,3-6,12H2,1-2H3,(H,23,27). The van der Waals surface area contributed by atoms with Crippen molar-refractivity contribution in [1.29, 1.82) is 0 Å². The highest BCUT2D eigenvalue weighted by Crippen LogP contribution is 2.28. The zero-order chi connectivity index (χ0) is 20.3. The number of halogens is 2. The molecule has 1 aromatic carbocycles. The van der Waals surface area contributed by atoms with Crippen LogP contribution in [0.15, 0.2) is 35.3 Å². The Bertz CT molecular complexity index is 1050. The van der Waals surface area contributed by atoms with E-state index in [2.05, 4.69) is 17.2 Å². The van der Waals surface area contributed by atoms with E-state index >= 15 is 0 Å². The van der Waals surface area contributed by atoms with Gasteiger partial charge in [-0.15, -0.1) is 0 Å². The summed E-state index contributed by atoms with van der Waals surface area (Å²) in [6.07, 6.45) is 3.56. The fraction of sp³-hybridized carbons (Fsp3) is 0.350. The van der Waals surface area contributed by atoms with Crippen LogP contribution in [0.2, 0.25) is 10.0 Å². The maximum Gasteiger partial charge on any atom is 0.330 e. The van der Waals surface area contributed by atoms with Crippen LogP contribution in [0.4, 0.5) is 0 Å². The van der Waals surface area contributed by atoms with Crippen LogP contribution in [0.25, 0.3) is 22.3 Å². The molecule has 0 aliphatic heterocycles. The number of carbonyl (C=O) groups is 1. The summed E-state index contributed by atoms with van der Waals surface area (Å²) in [5, 5.41) is 3.89. The summed E-state index contributed by atoms with van der Waals surface area (Å²) in [6, 6.07) is 7.13. The summed E-state index contributed by atoms with van der Waals surface area (Å²) in [7, 11) is 0. The highest BCUT2D eigenvalue weighted by Gasteiger charge is 2.17. The highest BCUT2D eigenvalue weighted by atomic mass is 35.5. The predicted octanol–water partition coefficient (Wildman–Crippen LogP) is 4.11. The Morgan fingerprint density at radius 3 is 2.43 bits per heavy atom. The maximum absolute atomic E-state index is 12.8. The molecule has 28 heavy (non-hydrogen) atoms. The smallest absolute Gasteiger partial charge is 0.330 e. The molecule has 8 heteroatoms. The SMILES string of the molecule is CCCCNC(=O)Cn1c(=O)n(CC)c2cc(-c3cc(Cl)cc(Cl)c3)cnc21. The van der Waals surface area contributed by atoms with Crippen LogP contribution in [0.5, 0.6) is 0 Å². The lowest BCUT2D eigenvalue weighted by atomic mass is 10.1. The molecule has 2 aromatic heterocycles. The number of pyridine rings is 1. The zero-order valence-electron chi connectivity index (χ0n) is 15.8. The van der Waals surface area contributed by atoms with Gasteiger partial charge in [0.25, 0.3) is 0 Å². The van der Waals surface area contributed by atoms with Gasteiger partial charge in [0.15, 0.2) is 5.65 Å². The number of fused-ring (bicyclic) bond motifs is 1. The summed E-state index contributed by atoms with van der Waals surface area (Å²) in [5.41, 5.74) is 2.50. The van der Waals surface area contributed by atoms with Crippen molar-refractivity contribution in [3.8, 4) is 11.1 Å². The lowest BCUT2D eigenvalue weighted by Crippen LogP contribution is -2.33. The number of carbonyl (C=O) groups excluding carboxylic acids is 1. The Hall–Kier alpha value is -2.31. The number of nitrogens with one attached hydrogen (secondary N) is 1. The molecule has 0 bridgehead atoms. The first kappa shape index (κ1) is 20.4. The lowest BCUT2D eigenvalue weighted by molar-refractivity contribution is -0.121. The van der Waals surface area contributed by atoms with Gasteiger partial charge in [-0.3, -0.25) is 13.9 Å². The van der Waals surface area contributed by atoms with Crippen LogP contribution in [-0.4, -0.2) is 26.6 Å². The number of hydrogen-bond donors (Lipinski definition) is 1. The third-order valence-corrected chi connectivity index (χ3v) is 4.96. The van der Waals surface area contributed by atoms with E-state index in [1.807, 2.05) is 13.0 Å². The van der Waals surface area contributed by atoms with E-state index in [1.54, 1.807) is 29.0 Å². The van der Waals surface area contributed by atoms with Crippen molar-refractivity contribution in [2.75, 3.05) is 6.54 Å². The van der Waals surface area contributed by atoms with E-state index in [1.165, 1.54) is 4.57 Å². The molecule has 3 aromatic rings. The molecule has 0 fully saturated rings. The predicted molar refractivity (Wildman–Crippen MR) is 113 cm³/mol. The molecule has 0 radical (unpaired) electrons. The molecular weight excluding hydrogens is 399 g/mol. The van der Waals surface area contributed by atoms with E-state index in [0.717, 1.165) is 24.0 Å². The third kappa shape index (κ3) is 4.23. The van der Waals surface area contributed by atoms with Gasteiger partial charge in [0.05, 0.1) is 5.52 Å². The van der Waals surface area contributed by atoms with E-state index < -0.39 is 0 Å². The number of amides is 1. The molecule has 0 aliphatic rings. The number of aromatic nitrogens is 3. The van der Waals surface area contributed by atoms with Gasteiger partial charge in [-0.25, -0.2) is 9.78 Å². The molecule has 3 rings (SSSR count). The van der Waals surface area contributed by atoms with Crippen LogP contribution in [0, 0.1) is 0 Å². The van der Waals surface area contributed by atoms with Crippen molar-refractivity contribution in [3.05, 3.63) is 51.0 Å². The summed E-state index contributed by atoms with van der Waals surface area (Å²) in [6.45, 7) is 4.96. The Kier molecular flexibility index (Phi) is 6.42. The van der Waals surface area contributed by atoms with Gasteiger partial charge in [0.1, 0.15) is 6.54 Å². The van der Waals surface area contributed by atoms with Gasteiger partial charge in [-0.1, -0.05) is 36.5 Å². The second-order valence-corrected chi connectivity index (χ2v) is 7.41. The van der Waals surface area contributed by atoms with Crippen molar-refractivity contribution in [1.82, 2.24) is 19.4 Å². The van der Waals surface area contributed by atoms with Crippen molar-refractivity contribution in [3.63, 3.8) is 0 Å². The molecule has 6 nitrogen and oxygen atoms in total. The van der Waals surface area contributed by atoms with Gasteiger partial charge in [0, 0.05) is 34.9 Å². The first-order valence-corrected chi connectivity index (χ1v) is 10.0. The number of rotatable bonds is 7. The Morgan fingerprint density at radius 2 is 1.79 bits per heavy atom. The van der Waals surface area contributed by atoms with E-state index in [9.17, 15) is 9.59 Å². The molecule has 148 valence electrons. The first-order valence-electron chi connectivity index (χ1n) is 9.26. The molecule has 0 aliphatic carbocycles. The van der Waals surface area contributed by atoms with Crippen LogP contribution < -0.4 is 11.0 Å². The second-order valence-electron chi connectivity index (χ2n) is 6.54. The fourth-order valence-electron chi connectivity index (χ4n) is 3.12. The molecule has 0 saturated heterocycles. The second kappa shape index (κ2) is 8.80. The minimum absolute atomic E-state index is 0.0542. The van der Waals surface area contributed by atoms with Gasteiger partial charge < -0.3 is 5.32 Å². The number of imidazole rings is 1. The quantitative estimate of drug-likeness (QED) is 0.584. The fourth-order valence-corrected chi connectivity index (χ4v) is 3.65. The first-order chi connectivity index (χ1) is 13.4. The highest BCUT2D eigenvalue weighted by molar-refractivity contribution is 6.35. The molecule has 0 unspecified atom stereocenters. The minimum atomic E-state index is -0.253. The molecule has 0 atom stereocenters. The molecule has 0 spiro atoms. The number of unbranched alkanes of at least 4 members (excludes halogenated alkanes) is 1. The van der Waals surface area contributed by atoms with Crippen molar-refractivity contribution in [2.24, 2.45) is 0 Å². The van der Waals surface area contributed by atoms with E-state index in [-0.39, 0.29) is 18.1 Å². The van der Waals surface area contributed by atoms with Crippen LogP contribution in [0.3, 0.4) is 0 Å². The summed E-state index contributed by atoms with van der Waals surface area (Å²) in [5.74, 6) is -0.196. The van der Waals surface area contributed by atoms with Crippen molar-refractivity contribution in [2.45, 2.75) is 39.8 Å². The third-order valence-electron chi connectivity index (χ3n) is 4.52. The van der Waals surface area contributed by atoms with Gasteiger partial charge in [-0.2, -0.15) is 0 Å². The number of aryl methyl sites for hydroxylation is 1. The molecule has 1 N–H and O–H groups in total. The van der Waals surface area contributed by atoms with Crippen LogP contribution in [-0.2, 0) is 17.9 Å². The molecule has 1 amide bonds. The summed E-state index contributed by atoms with van der Waals surface area (Å²) in [4.78, 5) is 29.5. The van der Waals surface area contributed by atoms with Crippen LogP contribution >= 0.6 is 23.2 Å². The van der Waals surface area contributed by atoms with E-state index in [0.29, 0.717) is 34.3 Å². The maximum atomic E-state index is 12.8.